The molecule has 0 bridgehead atoms. The van der Waals surface area contributed by atoms with Crippen LogP contribution in [0.1, 0.15) is 36.6 Å². The second kappa shape index (κ2) is 6.29. The molecule has 0 fully saturated rings. The Labute approximate surface area is 135 Å². The van der Waals surface area contributed by atoms with E-state index in [1.807, 2.05) is 12.1 Å². The molecule has 0 saturated heterocycles. The van der Waals surface area contributed by atoms with Crippen molar-refractivity contribution in [2.24, 2.45) is 0 Å². The molecule has 21 heavy (non-hydrogen) atoms. The van der Waals surface area contributed by atoms with Crippen LogP contribution in [-0.2, 0) is 19.4 Å². The number of hydrogen-bond acceptors (Lipinski definition) is 2. The number of rotatable bonds is 3. The molecular formula is C16H19Cl2N3. The number of aryl methyl sites for hydroxylation is 1. The third-order valence-electron chi connectivity index (χ3n) is 3.95. The maximum absolute atomic E-state index is 6.30. The molecule has 1 aliphatic rings. The third kappa shape index (κ3) is 3.04. The summed E-state index contributed by atoms with van der Waals surface area (Å²) < 4.78 is 2.07. The molecule has 1 N–H and O–H groups in total. The van der Waals surface area contributed by atoms with Crippen molar-refractivity contribution in [3.8, 4) is 0 Å². The van der Waals surface area contributed by atoms with Gasteiger partial charge < -0.3 is 5.32 Å². The molecule has 0 saturated carbocycles. The first-order valence-corrected chi connectivity index (χ1v) is 8.21. The summed E-state index contributed by atoms with van der Waals surface area (Å²) in [6.45, 7) is 4.03. The van der Waals surface area contributed by atoms with Gasteiger partial charge in [-0.2, -0.15) is 5.10 Å². The Morgan fingerprint density at radius 1 is 1.29 bits per heavy atom. The number of halogens is 2. The third-order valence-corrected chi connectivity index (χ3v) is 4.54. The molecule has 0 atom stereocenters. The molecule has 0 unspecified atom stereocenters. The van der Waals surface area contributed by atoms with Crippen LogP contribution in [0.5, 0.6) is 0 Å². The quantitative estimate of drug-likeness (QED) is 0.898. The second-order valence-electron chi connectivity index (χ2n) is 5.39. The smallest absolute Gasteiger partial charge is 0.127 e. The highest BCUT2D eigenvalue weighted by Gasteiger charge is 2.19. The van der Waals surface area contributed by atoms with E-state index in [9.17, 15) is 0 Å². The minimum absolute atomic E-state index is 0.670. The van der Waals surface area contributed by atoms with Crippen molar-refractivity contribution in [1.29, 1.82) is 0 Å². The lowest BCUT2D eigenvalue weighted by Crippen LogP contribution is -2.07. The topological polar surface area (TPSA) is 29.9 Å². The van der Waals surface area contributed by atoms with E-state index in [1.54, 1.807) is 6.07 Å². The van der Waals surface area contributed by atoms with Crippen LogP contribution in [0.25, 0.3) is 0 Å². The summed E-state index contributed by atoms with van der Waals surface area (Å²) in [7, 11) is 0. The lowest BCUT2D eigenvalue weighted by Gasteiger charge is -2.06. The number of nitrogens with one attached hydrogen (secondary N) is 1. The predicted octanol–water partition coefficient (Wildman–Crippen LogP) is 4.55. The van der Waals surface area contributed by atoms with Crippen molar-refractivity contribution in [1.82, 2.24) is 9.78 Å². The van der Waals surface area contributed by atoms with E-state index < -0.39 is 0 Å². The summed E-state index contributed by atoms with van der Waals surface area (Å²) in [5.41, 5.74) is 3.56. The molecule has 2 heterocycles. The van der Waals surface area contributed by atoms with Gasteiger partial charge in [0.1, 0.15) is 5.82 Å². The van der Waals surface area contributed by atoms with Crippen LogP contribution in [0, 0.1) is 0 Å². The standard InChI is InChI=1S/C16H19Cl2N3/c1-2-21-16-13(5-3-4-8-19-16)15(20-21)9-11-6-7-12(17)10-14(11)18/h6-7,10,19H,2-5,8-9H2,1H3. The Kier molecular flexibility index (Phi) is 4.41. The van der Waals surface area contributed by atoms with E-state index in [1.165, 1.54) is 24.2 Å². The zero-order valence-corrected chi connectivity index (χ0v) is 13.6. The van der Waals surface area contributed by atoms with Crippen molar-refractivity contribution in [2.45, 2.75) is 39.2 Å². The highest BCUT2D eigenvalue weighted by Crippen LogP contribution is 2.29. The molecule has 0 aliphatic carbocycles. The molecule has 2 aromatic rings. The second-order valence-corrected chi connectivity index (χ2v) is 6.23. The molecule has 112 valence electrons. The first kappa shape index (κ1) is 14.7. The Bertz CT molecular complexity index is 649. The number of anilines is 1. The van der Waals surface area contributed by atoms with E-state index in [0.717, 1.165) is 37.2 Å². The summed E-state index contributed by atoms with van der Waals surface area (Å²) in [5.74, 6) is 1.19. The van der Waals surface area contributed by atoms with Crippen molar-refractivity contribution < 1.29 is 0 Å². The predicted molar refractivity (Wildman–Crippen MR) is 88.6 cm³/mol. The van der Waals surface area contributed by atoms with Gasteiger partial charge >= 0.3 is 0 Å². The molecule has 1 aromatic carbocycles. The van der Waals surface area contributed by atoms with Crippen LogP contribution in [-0.4, -0.2) is 16.3 Å². The zero-order chi connectivity index (χ0) is 14.8. The van der Waals surface area contributed by atoms with Gasteiger partial charge in [0, 0.05) is 35.1 Å². The van der Waals surface area contributed by atoms with Gasteiger partial charge in [-0.3, -0.25) is 0 Å². The lowest BCUT2D eigenvalue weighted by molar-refractivity contribution is 0.652. The van der Waals surface area contributed by atoms with Gasteiger partial charge in [-0.15, -0.1) is 0 Å². The van der Waals surface area contributed by atoms with Crippen LogP contribution in [0.4, 0.5) is 5.82 Å². The van der Waals surface area contributed by atoms with Gasteiger partial charge in [0.15, 0.2) is 0 Å². The number of fused-ring (bicyclic) bond motifs is 1. The number of hydrogen-bond donors (Lipinski definition) is 1. The molecular weight excluding hydrogens is 305 g/mol. The van der Waals surface area contributed by atoms with Crippen LogP contribution >= 0.6 is 23.2 Å². The summed E-state index contributed by atoms with van der Waals surface area (Å²) in [5, 5.41) is 9.68. The maximum Gasteiger partial charge on any atom is 0.127 e. The van der Waals surface area contributed by atoms with E-state index in [-0.39, 0.29) is 0 Å². The van der Waals surface area contributed by atoms with E-state index >= 15 is 0 Å². The number of nitrogens with zero attached hydrogens (tertiary/aromatic N) is 2. The van der Waals surface area contributed by atoms with Crippen molar-refractivity contribution in [3.05, 3.63) is 45.1 Å². The number of aromatic nitrogens is 2. The van der Waals surface area contributed by atoms with Crippen molar-refractivity contribution in [2.75, 3.05) is 11.9 Å². The average molecular weight is 324 g/mol. The number of benzene rings is 1. The molecule has 5 heteroatoms. The molecule has 0 radical (unpaired) electrons. The van der Waals surface area contributed by atoms with Gasteiger partial charge in [0.25, 0.3) is 0 Å². The molecule has 3 nitrogen and oxygen atoms in total. The molecule has 0 spiro atoms. The summed E-state index contributed by atoms with van der Waals surface area (Å²) in [4.78, 5) is 0. The minimum Gasteiger partial charge on any atom is -0.370 e. The van der Waals surface area contributed by atoms with Crippen molar-refractivity contribution in [3.63, 3.8) is 0 Å². The lowest BCUT2D eigenvalue weighted by atomic mass is 10.0. The van der Waals surface area contributed by atoms with Gasteiger partial charge in [0.2, 0.25) is 0 Å². The molecule has 3 rings (SSSR count). The SMILES string of the molecule is CCn1nc(Cc2ccc(Cl)cc2Cl)c2c1NCCCC2. The van der Waals surface area contributed by atoms with Crippen LogP contribution in [0.2, 0.25) is 10.0 Å². The minimum atomic E-state index is 0.670. The Hall–Kier alpha value is -1.19. The fourth-order valence-corrected chi connectivity index (χ4v) is 3.33. The van der Waals surface area contributed by atoms with Gasteiger partial charge in [-0.1, -0.05) is 29.3 Å². The summed E-state index contributed by atoms with van der Waals surface area (Å²) in [6.07, 6.45) is 4.26. The van der Waals surface area contributed by atoms with Gasteiger partial charge in [-0.25, -0.2) is 4.68 Å². The largest absolute Gasteiger partial charge is 0.370 e. The average Bonchev–Trinajstić information content (AvgIpc) is 2.63. The van der Waals surface area contributed by atoms with Crippen LogP contribution in [0.15, 0.2) is 18.2 Å². The first-order valence-electron chi connectivity index (χ1n) is 7.45. The Balaban J connectivity index is 1.96. The fraction of sp³-hybridized carbons (Fsp3) is 0.438. The summed E-state index contributed by atoms with van der Waals surface area (Å²) >= 11 is 12.3. The van der Waals surface area contributed by atoms with Gasteiger partial charge in [-0.05, 0) is 43.9 Å². The van der Waals surface area contributed by atoms with E-state index in [0.29, 0.717) is 10.0 Å². The van der Waals surface area contributed by atoms with Crippen molar-refractivity contribution >= 4 is 29.0 Å². The highest BCUT2D eigenvalue weighted by atomic mass is 35.5. The molecule has 1 aliphatic heterocycles. The van der Waals surface area contributed by atoms with Crippen LogP contribution < -0.4 is 5.32 Å². The fourth-order valence-electron chi connectivity index (χ4n) is 2.86. The zero-order valence-electron chi connectivity index (χ0n) is 12.1. The molecule has 0 amide bonds. The van der Waals surface area contributed by atoms with E-state index in [4.69, 9.17) is 28.3 Å². The summed E-state index contributed by atoms with van der Waals surface area (Å²) in [6, 6.07) is 5.68. The van der Waals surface area contributed by atoms with Crippen LogP contribution in [0.3, 0.4) is 0 Å². The molecule has 1 aromatic heterocycles. The van der Waals surface area contributed by atoms with E-state index in [2.05, 4.69) is 16.9 Å². The first-order chi connectivity index (χ1) is 10.2. The monoisotopic (exact) mass is 323 g/mol. The maximum atomic E-state index is 6.30. The normalized spacial score (nSPS) is 14.4. The van der Waals surface area contributed by atoms with Gasteiger partial charge in [0.05, 0.1) is 5.69 Å². The Morgan fingerprint density at radius 2 is 2.14 bits per heavy atom. The highest BCUT2D eigenvalue weighted by molar-refractivity contribution is 6.35. The Morgan fingerprint density at radius 3 is 2.90 bits per heavy atom.